The Bertz CT molecular complexity index is 151. The lowest BCUT2D eigenvalue weighted by Crippen LogP contribution is -2.23. The molecule has 2 heteroatoms. The molecule has 1 rings (SSSR count). The minimum Gasteiger partial charge on any atom is -0.378 e. The summed E-state index contributed by atoms with van der Waals surface area (Å²) in [5.74, 6) is 0. The van der Waals surface area contributed by atoms with Crippen molar-refractivity contribution >= 4 is 6.29 Å². The van der Waals surface area contributed by atoms with Crippen molar-refractivity contribution in [1.29, 1.82) is 0 Å². The van der Waals surface area contributed by atoms with E-state index in [1.807, 2.05) is 7.05 Å². The average Bonchev–Trinajstić information content (AvgIpc) is 1.94. The predicted octanol–water partition coefficient (Wildman–Crippen LogP) is 1.18. The normalized spacial score (nSPS) is 23.3. The second kappa shape index (κ2) is 3.40. The van der Waals surface area contributed by atoms with E-state index in [4.69, 9.17) is 0 Å². The maximum absolute atomic E-state index is 10.1. The van der Waals surface area contributed by atoms with Gasteiger partial charge in [0.25, 0.3) is 0 Å². The van der Waals surface area contributed by atoms with Crippen molar-refractivity contribution in [2.75, 3.05) is 13.6 Å². The van der Waals surface area contributed by atoms with Gasteiger partial charge in [0.1, 0.15) is 6.29 Å². The first-order chi connectivity index (χ1) is 4.84. The summed E-state index contributed by atoms with van der Waals surface area (Å²) < 4.78 is 0. The summed E-state index contributed by atoms with van der Waals surface area (Å²) in [6.45, 7) is 1.10. The molecule has 0 N–H and O–H groups in total. The molecule has 0 atom stereocenters. The molecule has 0 radical (unpaired) electrons. The predicted molar refractivity (Wildman–Crippen MR) is 40.6 cm³/mol. The molecular formula is C8H13NO. The third kappa shape index (κ3) is 1.59. The largest absolute Gasteiger partial charge is 0.378 e. The van der Waals surface area contributed by atoms with Crippen molar-refractivity contribution in [3.63, 3.8) is 0 Å². The van der Waals surface area contributed by atoms with Crippen molar-refractivity contribution < 1.29 is 4.79 Å². The Morgan fingerprint density at radius 1 is 1.50 bits per heavy atom. The van der Waals surface area contributed by atoms with Gasteiger partial charge in [0.15, 0.2) is 0 Å². The van der Waals surface area contributed by atoms with Gasteiger partial charge in [0, 0.05) is 19.3 Å². The summed E-state index contributed by atoms with van der Waals surface area (Å²) in [7, 11) is 2.04. The fourth-order valence-corrected chi connectivity index (χ4v) is 1.28. The highest BCUT2D eigenvalue weighted by atomic mass is 16.1. The summed E-state index contributed by atoms with van der Waals surface area (Å²) in [6.07, 6.45) is 6.09. The number of carbonyl (C=O) groups excluding carboxylic acids is 1. The molecule has 0 aromatic carbocycles. The SMILES string of the molecule is CN1CCCCC1=CC=O. The molecule has 1 fully saturated rings. The highest BCUT2D eigenvalue weighted by Crippen LogP contribution is 2.17. The van der Waals surface area contributed by atoms with Gasteiger partial charge in [-0.2, -0.15) is 0 Å². The van der Waals surface area contributed by atoms with Gasteiger partial charge in [-0.1, -0.05) is 0 Å². The summed E-state index contributed by atoms with van der Waals surface area (Å²) in [4.78, 5) is 12.3. The van der Waals surface area contributed by atoms with Gasteiger partial charge in [-0.25, -0.2) is 0 Å². The van der Waals surface area contributed by atoms with Crippen LogP contribution in [-0.4, -0.2) is 24.8 Å². The second-order valence-electron chi connectivity index (χ2n) is 2.67. The van der Waals surface area contributed by atoms with Gasteiger partial charge in [-0.3, -0.25) is 4.79 Å². The standard InChI is InChI=1S/C8H13NO/c1-9-6-3-2-4-8(9)5-7-10/h5,7H,2-4,6H2,1H3. The summed E-state index contributed by atoms with van der Waals surface area (Å²) >= 11 is 0. The molecule has 0 aromatic rings. The van der Waals surface area contributed by atoms with Crippen molar-refractivity contribution in [1.82, 2.24) is 4.90 Å². The molecule has 0 unspecified atom stereocenters. The molecule has 1 heterocycles. The summed E-state index contributed by atoms with van der Waals surface area (Å²) in [5, 5.41) is 0. The van der Waals surface area contributed by atoms with Gasteiger partial charge < -0.3 is 4.90 Å². The van der Waals surface area contributed by atoms with Gasteiger partial charge in [0.2, 0.25) is 0 Å². The number of hydrogen-bond acceptors (Lipinski definition) is 2. The van der Waals surface area contributed by atoms with Gasteiger partial charge in [0.05, 0.1) is 0 Å². The monoisotopic (exact) mass is 139 g/mol. The molecule has 0 spiro atoms. The molecule has 0 bridgehead atoms. The van der Waals surface area contributed by atoms with E-state index >= 15 is 0 Å². The average molecular weight is 139 g/mol. The molecule has 56 valence electrons. The minimum absolute atomic E-state index is 0.872. The maximum Gasteiger partial charge on any atom is 0.144 e. The molecular weight excluding hydrogens is 126 g/mol. The van der Waals surface area contributed by atoms with E-state index < -0.39 is 0 Å². The van der Waals surface area contributed by atoms with E-state index in [0.29, 0.717) is 0 Å². The number of allylic oxidation sites excluding steroid dienone is 2. The highest BCUT2D eigenvalue weighted by Gasteiger charge is 2.08. The molecule has 2 nitrogen and oxygen atoms in total. The van der Waals surface area contributed by atoms with Crippen molar-refractivity contribution in [2.45, 2.75) is 19.3 Å². The Kier molecular flexibility index (Phi) is 2.49. The number of piperidine rings is 1. The Hall–Kier alpha value is -0.790. The van der Waals surface area contributed by atoms with Crippen LogP contribution < -0.4 is 0 Å². The maximum atomic E-state index is 10.1. The first kappa shape index (κ1) is 7.32. The van der Waals surface area contributed by atoms with Crippen LogP contribution in [-0.2, 0) is 4.79 Å². The number of aldehydes is 1. The number of hydrogen-bond donors (Lipinski definition) is 0. The molecule has 1 aliphatic rings. The molecule has 0 aliphatic carbocycles. The van der Waals surface area contributed by atoms with Crippen LogP contribution in [0.3, 0.4) is 0 Å². The quantitative estimate of drug-likeness (QED) is 0.401. The number of carbonyl (C=O) groups is 1. The van der Waals surface area contributed by atoms with Crippen molar-refractivity contribution in [3.05, 3.63) is 11.8 Å². The van der Waals surface area contributed by atoms with Gasteiger partial charge >= 0.3 is 0 Å². The van der Waals surface area contributed by atoms with Crippen molar-refractivity contribution in [3.8, 4) is 0 Å². The Morgan fingerprint density at radius 3 is 2.90 bits per heavy atom. The first-order valence-corrected chi connectivity index (χ1v) is 3.70. The van der Waals surface area contributed by atoms with E-state index in [1.54, 1.807) is 6.08 Å². The van der Waals surface area contributed by atoms with Crippen LogP contribution in [0.2, 0.25) is 0 Å². The van der Waals surface area contributed by atoms with E-state index in [9.17, 15) is 4.79 Å². The zero-order chi connectivity index (χ0) is 7.40. The van der Waals surface area contributed by atoms with Crippen LogP contribution in [0.25, 0.3) is 0 Å². The Morgan fingerprint density at radius 2 is 2.30 bits per heavy atom. The Labute approximate surface area is 61.5 Å². The zero-order valence-corrected chi connectivity index (χ0v) is 6.34. The fourth-order valence-electron chi connectivity index (χ4n) is 1.28. The highest BCUT2D eigenvalue weighted by molar-refractivity contribution is 5.65. The van der Waals surface area contributed by atoms with Crippen LogP contribution >= 0.6 is 0 Å². The van der Waals surface area contributed by atoms with Crippen LogP contribution in [0.4, 0.5) is 0 Å². The zero-order valence-electron chi connectivity index (χ0n) is 6.34. The van der Waals surface area contributed by atoms with Crippen LogP contribution in [0.1, 0.15) is 19.3 Å². The minimum atomic E-state index is 0.872. The summed E-state index contributed by atoms with van der Waals surface area (Å²) in [5.41, 5.74) is 1.18. The lowest BCUT2D eigenvalue weighted by atomic mass is 10.1. The molecule has 1 aliphatic heterocycles. The molecule has 0 aromatic heterocycles. The van der Waals surface area contributed by atoms with Crippen LogP contribution in [0.5, 0.6) is 0 Å². The Balaban J connectivity index is 2.55. The van der Waals surface area contributed by atoms with E-state index in [0.717, 1.165) is 19.3 Å². The van der Waals surface area contributed by atoms with Crippen LogP contribution in [0, 0.1) is 0 Å². The molecule has 1 saturated heterocycles. The smallest absolute Gasteiger partial charge is 0.144 e. The molecule has 0 saturated carbocycles. The number of nitrogens with zero attached hydrogens (tertiary/aromatic N) is 1. The molecule has 10 heavy (non-hydrogen) atoms. The lowest BCUT2D eigenvalue weighted by molar-refractivity contribution is -0.104. The third-order valence-electron chi connectivity index (χ3n) is 1.93. The lowest BCUT2D eigenvalue weighted by Gasteiger charge is -2.26. The first-order valence-electron chi connectivity index (χ1n) is 3.70. The van der Waals surface area contributed by atoms with Gasteiger partial charge in [-0.05, 0) is 25.3 Å². The topological polar surface area (TPSA) is 20.3 Å². The number of rotatable bonds is 1. The van der Waals surface area contributed by atoms with Crippen molar-refractivity contribution in [2.24, 2.45) is 0 Å². The fraction of sp³-hybridized carbons (Fsp3) is 0.625. The molecule has 0 amide bonds. The summed E-state index contributed by atoms with van der Waals surface area (Å²) in [6, 6.07) is 0. The van der Waals surface area contributed by atoms with E-state index in [2.05, 4.69) is 4.90 Å². The second-order valence-corrected chi connectivity index (χ2v) is 2.67. The third-order valence-corrected chi connectivity index (χ3v) is 1.93. The van der Waals surface area contributed by atoms with E-state index in [-0.39, 0.29) is 0 Å². The van der Waals surface area contributed by atoms with Crippen LogP contribution in [0.15, 0.2) is 11.8 Å². The number of likely N-dealkylation sites (tertiary alicyclic amines) is 1. The van der Waals surface area contributed by atoms with Gasteiger partial charge in [-0.15, -0.1) is 0 Å². The van der Waals surface area contributed by atoms with E-state index in [1.165, 1.54) is 18.5 Å².